The molecule has 5 heteroatoms. The monoisotopic (exact) mass is 223 g/mol. The average Bonchev–Trinajstić information content (AvgIpc) is 2.35. The quantitative estimate of drug-likeness (QED) is 0.619. The van der Waals surface area contributed by atoms with Crippen LogP contribution in [0.1, 0.15) is 10.4 Å². The van der Waals surface area contributed by atoms with E-state index >= 15 is 0 Å². The van der Waals surface area contributed by atoms with Crippen LogP contribution in [0, 0.1) is 0 Å². The SMILES string of the molecule is COC(=O)c1ccc(NCC(N)CN)cc1. The minimum atomic E-state index is -0.342. The molecule has 0 saturated heterocycles. The van der Waals surface area contributed by atoms with Crippen molar-refractivity contribution in [1.29, 1.82) is 0 Å². The summed E-state index contributed by atoms with van der Waals surface area (Å²) in [6.07, 6.45) is 0. The van der Waals surface area contributed by atoms with E-state index in [-0.39, 0.29) is 12.0 Å². The molecule has 0 aliphatic rings. The Hall–Kier alpha value is -1.59. The summed E-state index contributed by atoms with van der Waals surface area (Å²) in [4.78, 5) is 11.2. The molecule has 0 spiro atoms. The van der Waals surface area contributed by atoms with Gasteiger partial charge < -0.3 is 21.5 Å². The highest BCUT2D eigenvalue weighted by Gasteiger charge is 2.04. The van der Waals surface area contributed by atoms with Gasteiger partial charge in [0.1, 0.15) is 0 Å². The van der Waals surface area contributed by atoms with Crippen molar-refractivity contribution in [3.05, 3.63) is 29.8 Å². The number of hydrogen-bond donors (Lipinski definition) is 3. The molecule has 0 radical (unpaired) electrons. The van der Waals surface area contributed by atoms with E-state index in [4.69, 9.17) is 11.5 Å². The van der Waals surface area contributed by atoms with Crippen molar-refractivity contribution < 1.29 is 9.53 Å². The van der Waals surface area contributed by atoms with E-state index in [1.807, 2.05) is 0 Å². The Morgan fingerprint density at radius 3 is 2.56 bits per heavy atom. The summed E-state index contributed by atoms with van der Waals surface area (Å²) in [6, 6.07) is 6.93. The molecule has 0 bridgehead atoms. The fraction of sp³-hybridized carbons (Fsp3) is 0.364. The Labute approximate surface area is 94.8 Å². The summed E-state index contributed by atoms with van der Waals surface area (Å²) in [6.45, 7) is 1.04. The molecular weight excluding hydrogens is 206 g/mol. The van der Waals surface area contributed by atoms with Crippen LogP contribution in [-0.2, 0) is 4.74 Å². The Bertz CT molecular complexity index is 338. The van der Waals surface area contributed by atoms with Gasteiger partial charge in [-0.25, -0.2) is 4.79 Å². The van der Waals surface area contributed by atoms with Crippen LogP contribution in [0.15, 0.2) is 24.3 Å². The maximum atomic E-state index is 11.2. The van der Waals surface area contributed by atoms with Gasteiger partial charge in [-0.05, 0) is 24.3 Å². The van der Waals surface area contributed by atoms with Crippen molar-refractivity contribution in [2.24, 2.45) is 11.5 Å². The molecule has 1 atom stereocenters. The molecule has 0 saturated carbocycles. The molecule has 1 aromatic carbocycles. The van der Waals surface area contributed by atoms with Gasteiger partial charge in [-0.15, -0.1) is 0 Å². The molecule has 88 valence electrons. The third-order valence-electron chi connectivity index (χ3n) is 2.18. The molecule has 0 aliphatic carbocycles. The first-order valence-corrected chi connectivity index (χ1v) is 5.05. The average molecular weight is 223 g/mol. The highest BCUT2D eigenvalue weighted by molar-refractivity contribution is 5.89. The summed E-state index contributed by atoms with van der Waals surface area (Å²) in [7, 11) is 1.36. The number of rotatable bonds is 5. The van der Waals surface area contributed by atoms with E-state index in [9.17, 15) is 4.79 Å². The second-order valence-electron chi connectivity index (χ2n) is 3.45. The highest BCUT2D eigenvalue weighted by Crippen LogP contribution is 2.09. The first-order valence-electron chi connectivity index (χ1n) is 5.05. The van der Waals surface area contributed by atoms with Crippen molar-refractivity contribution in [3.8, 4) is 0 Å². The molecule has 0 heterocycles. The van der Waals surface area contributed by atoms with E-state index in [0.717, 1.165) is 5.69 Å². The van der Waals surface area contributed by atoms with Crippen LogP contribution in [0.4, 0.5) is 5.69 Å². The Morgan fingerprint density at radius 2 is 2.06 bits per heavy atom. The number of methoxy groups -OCH3 is 1. The minimum Gasteiger partial charge on any atom is -0.465 e. The Kier molecular flexibility index (Phi) is 4.75. The van der Waals surface area contributed by atoms with Gasteiger partial charge in [0.25, 0.3) is 0 Å². The second-order valence-corrected chi connectivity index (χ2v) is 3.45. The lowest BCUT2D eigenvalue weighted by Crippen LogP contribution is -2.36. The summed E-state index contributed by atoms with van der Waals surface area (Å²) >= 11 is 0. The van der Waals surface area contributed by atoms with Crippen molar-refractivity contribution in [1.82, 2.24) is 0 Å². The summed E-state index contributed by atoms with van der Waals surface area (Å²) < 4.78 is 4.60. The largest absolute Gasteiger partial charge is 0.465 e. The van der Waals surface area contributed by atoms with E-state index in [0.29, 0.717) is 18.7 Å². The number of nitrogens with two attached hydrogens (primary N) is 2. The van der Waals surface area contributed by atoms with Gasteiger partial charge in [0.05, 0.1) is 12.7 Å². The van der Waals surface area contributed by atoms with Crippen LogP contribution in [0.3, 0.4) is 0 Å². The first-order chi connectivity index (χ1) is 7.67. The van der Waals surface area contributed by atoms with E-state index in [1.165, 1.54) is 7.11 Å². The number of carbonyl (C=O) groups excluding carboxylic acids is 1. The van der Waals surface area contributed by atoms with Crippen molar-refractivity contribution in [2.75, 3.05) is 25.5 Å². The third-order valence-corrected chi connectivity index (χ3v) is 2.18. The molecule has 16 heavy (non-hydrogen) atoms. The van der Waals surface area contributed by atoms with Crippen LogP contribution < -0.4 is 16.8 Å². The third kappa shape index (κ3) is 3.52. The number of nitrogens with one attached hydrogen (secondary N) is 1. The zero-order valence-corrected chi connectivity index (χ0v) is 9.27. The molecule has 5 nitrogen and oxygen atoms in total. The van der Waals surface area contributed by atoms with E-state index in [1.54, 1.807) is 24.3 Å². The predicted octanol–water partition coefficient (Wildman–Crippen LogP) is 0.171. The number of esters is 1. The first kappa shape index (κ1) is 12.5. The molecule has 1 rings (SSSR count). The van der Waals surface area contributed by atoms with Gasteiger partial charge in [0.15, 0.2) is 0 Å². The van der Waals surface area contributed by atoms with Crippen LogP contribution in [0.5, 0.6) is 0 Å². The van der Waals surface area contributed by atoms with Crippen molar-refractivity contribution >= 4 is 11.7 Å². The Morgan fingerprint density at radius 1 is 1.44 bits per heavy atom. The zero-order chi connectivity index (χ0) is 12.0. The van der Waals surface area contributed by atoms with Gasteiger partial charge in [-0.1, -0.05) is 0 Å². The van der Waals surface area contributed by atoms with Gasteiger partial charge in [0.2, 0.25) is 0 Å². The van der Waals surface area contributed by atoms with Crippen LogP contribution in [0.2, 0.25) is 0 Å². The molecule has 5 N–H and O–H groups in total. The molecule has 1 aromatic rings. The number of ether oxygens (including phenoxy) is 1. The summed E-state index contributed by atoms with van der Waals surface area (Å²) in [5.41, 5.74) is 12.5. The predicted molar refractivity (Wildman–Crippen MR) is 63.3 cm³/mol. The standard InChI is InChI=1S/C11H17N3O2/c1-16-11(15)8-2-4-10(5-3-8)14-7-9(13)6-12/h2-5,9,14H,6-7,12-13H2,1H3. The topological polar surface area (TPSA) is 90.4 Å². The Balaban J connectivity index is 2.54. The lowest BCUT2D eigenvalue weighted by molar-refractivity contribution is 0.0601. The second kappa shape index (κ2) is 6.09. The zero-order valence-electron chi connectivity index (χ0n) is 9.27. The fourth-order valence-electron chi connectivity index (χ4n) is 1.17. The van der Waals surface area contributed by atoms with E-state index < -0.39 is 0 Å². The van der Waals surface area contributed by atoms with Gasteiger partial charge in [0, 0.05) is 24.8 Å². The molecular formula is C11H17N3O2. The number of hydrogen-bond acceptors (Lipinski definition) is 5. The number of anilines is 1. The van der Waals surface area contributed by atoms with E-state index in [2.05, 4.69) is 10.1 Å². The fourth-order valence-corrected chi connectivity index (χ4v) is 1.17. The van der Waals surface area contributed by atoms with Gasteiger partial charge in [-0.2, -0.15) is 0 Å². The van der Waals surface area contributed by atoms with Crippen LogP contribution >= 0.6 is 0 Å². The number of benzene rings is 1. The smallest absolute Gasteiger partial charge is 0.337 e. The highest BCUT2D eigenvalue weighted by atomic mass is 16.5. The normalized spacial score (nSPS) is 11.9. The van der Waals surface area contributed by atoms with Gasteiger partial charge >= 0.3 is 5.97 Å². The molecule has 0 aromatic heterocycles. The maximum absolute atomic E-state index is 11.2. The van der Waals surface area contributed by atoms with Gasteiger partial charge in [-0.3, -0.25) is 0 Å². The van der Waals surface area contributed by atoms with Crippen molar-refractivity contribution in [2.45, 2.75) is 6.04 Å². The molecule has 0 aliphatic heterocycles. The number of carbonyl (C=O) groups is 1. The summed E-state index contributed by atoms with van der Waals surface area (Å²) in [5.74, 6) is -0.342. The maximum Gasteiger partial charge on any atom is 0.337 e. The van der Waals surface area contributed by atoms with Crippen LogP contribution in [0.25, 0.3) is 0 Å². The van der Waals surface area contributed by atoms with Crippen molar-refractivity contribution in [3.63, 3.8) is 0 Å². The van der Waals surface area contributed by atoms with Crippen LogP contribution in [-0.4, -0.2) is 32.2 Å². The molecule has 1 unspecified atom stereocenters. The molecule has 0 fully saturated rings. The summed E-state index contributed by atoms with van der Waals surface area (Å²) in [5, 5.41) is 3.12. The lowest BCUT2D eigenvalue weighted by Gasteiger charge is -2.11. The minimum absolute atomic E-state index is 0.0692. The molecule has 0 amide bonds. The lowest BCUT2D eigenvalue weighted by atomic mass is 10.2.